The summed E-state index contributed by atoms with van der Waals surface area (Å²) >= 11 is 1.48. The van der Waals surface area contributed by atoms with E-state index < -0.39 is 0 Å². The Bertz CT molecular complexity index is 668. The van der Waals surface area contributed by atoms with Crippen LogP contribution in [-0.4, -0.2) is 22.6 Å². The first-order chi connectivity index (χ1) is 9.72. The fourth-order valence-electron chi connectivity index (χ4n) is 1.59. The molecule has 0 saturated heterocycles. The van der Waals surface area contributed by atoms with Crippen molar-refractivity contribution < 1.29 is 9.90 Å². The summed E-state index contributed by atoms with van der Waals surface area (Å²) in [4.78, 5) is 18.0. The number of rotatable bonds is 3. The topological polar surface area (TPSA) is 62.2 Å². The van der Waals surface area contributed by atoms with E-state index in [0.717, 1.165) is 6.42 Å². The summed E-state index contributed by atoms with van der Waals surface area (Å²) in [5.74, 6) is 5.61. The Morgan fingerprint density at radius 2 is 2.30 bits per heavy atom. The number of amides is 1. The van der Waals surface area contributed by atoms with E-state index >= 15 is 0 Å². The molecule has 0 radical (unpaired) electrons. The van der Waals surface area contributed by atoms with Crippen molar-refractivity contribution >= 4 is 23.1 Å². The number of aliphatic hydroxyl groups is 1. The molecule has 0 unspecified atom stereocenters. The molecule has 0 saturated carbocycles. The van der Waals surface area contributed by atoms with Gasteiger partial charge < -0.3 is 10.4 Å². The number of aromatic nitrogens is 1. The first kappa shape index (κ1) is 14.3. The van der Waals surface area contributed by atoms with Gasteiger partial charge >= 0.3 is 0 Å². The zero-order chi connectivity index (χ0) is 14.4. The Hall–Kier alpha value is -2.16. The molecular weight excluding hydrogens is 272 g/mol. The second-order valence-electron chi connectivity index (χ2n) is 3.96. The van der Waals surface area contributed by atoms with Crippen LogP contribution in [-0.2, 0) is 6.42 Å². The second kappa shape index (κ2) is 6.85. The summed E-state index contributed by atoms with van der Waals surface area (Å²) < 4.78 is 0. The molecule has 0 bridgehead atoms. The van der Waals surface area contributed by atoms with Gasteiger partial charge in [-0.05, 0) is 30.7 Å². The van der Waals surface area contributed by atoms with Crippen LogP contribution in [0.25, 0.3) is 0 Å². The molecule has 0 aliphatic rings. The summed E-state index contributed by atoms with van der Waals surface area (Å²) in [7, 11) is 0. The lowest BCUT2D eigenvalue weighted by molar-refractivity contribution is 0.103. The van der Waals surface area contributed by atoms with Gasteiger partial charge in [0.15, 0.2) is 0 Å². The average Bonchev–Trinajstić information content (AvgIpc) is 2.94. The third kappa shape index (κ3) is 3.67. The number of hydrogen-bond acceptors (Lipinski definition) is 4. The Morgan fingerprint density at radius 3 is 3.00 bits per heavy atom. The van der Waals surface area contributed by atoms with Gasteiger partial charge in [0.05, 0.1) is 4.88 Å². The summed E-state index contributed by atoms with van der Waals surface area (Å²) in [6.07, 6.45) is 2.49. The van der Waals surface area contributed by atoms with Gasteiger partial charge in [0, 0.05) is 16.6 Å². The normalized spacial score (nSPS) is 9.70. The lowest BCUT2D eigenvalue weighted by atomic mass is 10.2. The van der Waals surface area contributed by atoms with Crippen molar-refractivity contribution in [3.8, 4) is 11.8 Å². The minimum atomic E-state index is -0.195. The fourth-order valence-corrected chi connectivity index (χ4v) is 2.43. The number of carbonyl (C=O) groups is 1. The Balaban J connectivity index is 2.11. The van der Waals surface area contributed by atoms with Crippen LogP contribution in [0.1, 0.15) is 27.0 Å². The molecule has 5 heteroatoms. The monoisotopic (exact) mass is 286 g/mol. The molecular formula is C15H14N2O2S. The molecule has 0 fully saturated rings. The van der Waals surface area contributed by atoms with E-state index in [-0.39, 0.29) is 12.5 Å². The minimum absolute atomic E-state index is 0.172. The number of aryl methyl sites for hydroxylation is 1. The molecule has 0 aliphatic carbocycles. The van der Waals surface area contributed by atoms with Crippen molar-refractivity contribution in [2.75, 3.05) is 11.9 Å². The van der Waals surface area contributed by atoms with Gasteiger partial charge in [0.25, 0.3) is 5.91 Å². The molecule has 2 N–H and O–H groups in total. The molecule has 0 spiro atoms. The molecule has 20 heavy (non-hydrogen) atoms. The van der Waals surface area contributed by atoms with E-state index in [1.807, 2.05) is 12.1 Å². The van der Waals surface area contributed by atoms with Crippen molar-refractivity contribution in [3.05, 3.63) is 45.8 Å². The highest BCUT2D eigenvalue weighted by atomic mass is 32.1. The quantitative estimate of drug-likeness (QED) is 0.851. The lowest BCUT2D eigenvalue weighted by Crippen LogP contribution is -2.11. The zero-order valence-corrected chi connectivity index (χ0v) is 11.8. The van der Waals surface area contributed by atoms with Crippen LogP contribution < -0.4 is 5.32 Å². The Morgan fingerprint density at radius 1 is 1.45 bits per heavy atom. The van der Waals surface area contributed by atoms with E-state index in [0.29, 0.717) is 16.3 Å². The number of nitrogens with zero attached hydrogens (tertiary/aromatic N) is 1. The minimum Gasteiger partial charge on any atom is -0.384 e. The van der Waals surface area contributed by atoms with Crippen molar-refractivity contribution in [2.24, 2.45) is 0 Å². The first-order valence-corrected chi connectivity index (χ1v) is 7.00. The summed E-state index contributed by atoms with van der Waals surface area (Å²) in [5, 5.41) is 11.4. The van der Waals surface area contributed by atoms with Crippen molar-refractivity contribution in [1.82, 2.24) is 4.98 Å². The van der Waals surface area contributed by atoms with Crippen LogP contribution >= 0.6 is 11.3 Å². The predicted molar refractivity (Wildman–Crippen MR) is 79.9 cm³/mol. The third-order valence-electron chi connectivity index (χ3n) is 2.55. The molecule has 0 atom stereocenters. The predicted octanol–water partition coefficient (Wildman–Crippen LogP) is 2.30. The third-order valence-corrected chi connectivity index (χ3v) is 3.78. The summed E-state index contributed by atoms with van der Waals surface area (Å²) in [6, 6.07) is 7.16. The van der Waals surface area contributed by atoms with Crippen LogP contribution in [0.5, 0.6) is 0 Å². The van der Waals surface area contributed by atoms with Gasteiger partial charge in [-0.25, -0.2) is 4.98 Å². The van der Waals surface area contributed by atoms with E-state index in [1.54, 1.807) is 18.3 Å². The SMILES string of the molecule is CCc1ccc(C(=O)Nc2cc(C#CCO)ccn2)s1. The molecule has 102 valence electrons. The zero-order valence-electron chi connectivity index (χ0n) is 11.0. The van der Waals surface area contributed by atoms with Gasteiger partial charge in [-0.3, -0.25) is 4.79 Å². The van der Waals surface area contributed by atoms with Gasteiger partial charge in [-0.2, -0.15) is 0 Å². The number of thiophene rings is 1. The standard InChI is InChI=1S/C15H14N2O2S/c1-2-12-5-6-13(20-12)15(19)17-14-10-11(4-3-9-18)7-8-16-14/h5-8,10,18H,2,9H2,1H3,(H,16,17,19). The molecule has 2 aromatic rings. The number of carbonyl (C=O) groups excluding carboxylic acids is 1. The van der Waals surface area contributed by atoms with E-state index in [9.17, 15) is 4.79 Å². The van der Waals surface area contributed by atoms with Crippen molar-refractivity contribution in [2.45, 2.75) is 13.3 Å². The molecule has 2 heterocycles. The highest BCUT2D eigenvalue weighted by molar-refractivity contribution is 7.14. The van der Waals surface area contributed by atoms with Crippen molar-refractivity contribution in [3.63, 3.8) is 0 Å². The Kier molecular flexibility index (Phi) is 4.88. The van der Waals surface area contributed by atoms with E-state index in [4.69, 9.17) is 5.11 Å². The number of pyridine rings is 1. The number of nitrogens with one attached hydrogen (secondary N) is 1. The smallest absolute Gasteiger partial charge is 0.266 e. The first-order valence-electron chi connectivity index (χ1n) is 6.18. The Labute approximate surface area is 121 Å². The van der Waals surface area contributed by atoms with Crippen LogP contribution in [0.4, 0.5) is 5.82 Å². The average molecular weight is 286 g/mol. The van der Waals surface area contributed by atoms with E-state index in [1.165, 1.54) is 16.2 Å². The van der Waals surface area contributed by atoms with Crippen LogP contribution in [0.15, 0.2) is 30.5 Å². The maximum Gasteiger partial charge on any atom is 0.266 e. The van der Waals surface area contributed by atoms with Crippen LogP contribution in [0.3, 0.4) is 0 Å². The molecule has 0 aromatic carbocycles. The number of aliphatic hydroxyl groups excluding tert-OH is 1. The van der Waals surface area contributed by atoms with E-state index in [2.05, 4.69) is 29.1 Å². The molecule has 0 aliphatic heterocycles. The second-order valence-corrected chi connectivity index (χ2v) is 5.13. The molecule has 1 amide bonds. The molecule has 4 nitrogen and oxygen atoms in total. The van der Waals surface area contributed by atoms with Crippen LogP contribution in [0.2, 0.25) is 0 Å². The highest BCUT2D eigenvalue weighted by Gasteiger charge is 2.09. The fraction of sp³-hybridized carbons (Fsp3) is 0.200. The van der Waals surface area contributed by atoms with Crippen LogP contribution in [0, 0.1) is 11.8 Å². The maximum absolute atomic E-state index is 12.1. The van der Waals surface area contributed by atoms with Gasteiger partial charge in [-0.15, -0.1) is 11.3 Å². The maximum atomic E-state index is 12.1. The molecule has 2 aromatic heterocycles. The summed E-state index contributed by atoms with van der Waals surface area (Å²) in [6.45, 7) is 1.86. The highest BCUT2D eigenvalue weighted by Crippen LogP contribution is 2.18. The lowest BCUT2D eigenvalue weighted by Gasteiger charge is -2.02. The summed E-state index contributed by atoms with van der Waals surface area (Å²) in [5.41, 5.74) is 0.699. The van der Waals surface area contributed by atoms with Crippen molar-refractivity contribution in [1.29, 1.82) is 0 Å². The number of anilines is 1. The van der Waals surface area contributed by atoms with Gasteiger partial charge in [0.2, 0.25) is 0 Å². The van der Waals surface area contributed by atoms with Gasteiger partial charge in [0.1, 0.15) is 12.4 Å². The largest absolute Gasteiger partial charge is 0.384 e. The molecule has 2 rings (SSSR count). The number of hydrogen-bond donors (Lipinski definition) is 2. The van der Waals surface area contributed by atoms with Gasteiger partial charge in [-0.1, -0.05) is 18.8 Å².